The Balaban J connectivity index is 1.80. The van der Waals surface area contributed by atoms with Crippen LogP contribution in [0.5, 0.6) is 0 Å². The normalized spacial score (nSPS) is 11.1. The first kappa shape index (κ1) is 23.2. The van der Waals surface area contributed by atoms with Crippen LogP contribution in [0.4, 0.5) is 0 Å². The molecule has 1 aromatic heterocycles. The Bertz CT molecular complexity index is 763. The zero-order chi connectivity index (χ0) is 20.9. The van der Waals surface area contributed by atoms with E-state index >= 15 is 0 Å². The number of hydrogen-bond donors (Lipinski definition) is 1. The predicted molar refractivity (Wildman–Crippen MR) is 123 cm³/mol. The van der Waals surface area contributed by atoms with Gasteiger partial charge in [-0.05, 0) is 31.9 Å². The number of aryl methyl sites for hydroxylation is 2. The Labute approximate surface area is 176 Å². The molecular formula is C25H39N3O. The molecule has 0 spiro atoms. The number of carbonyl (C=O) groups is 1. The van der Waals surface area contributed by atoms with Crippen LogP contribution < -0.4 is 5.32 Å². The van der Waals surface area contributed by atoms with Gasteiger partial charge >= 0.3 is 0 Å². The highest BCUT2D eigenvalue weighted by atomic mass is 16.1. The van der Waals surface area contributed by atoms with Gasteiger partial charge in [0.1, 0.15) is 5.82 Å². The molecule has 0 atom stereocenters. The highest BCUT2D eigenvalue weighted by molar-refractivity contribution is 5.92. The van der Waals surface area contributed by atoms with Crippen LogP contribution in [0.1, 0.15) is 83.9 Å². The van der Waals surface area contributed by atoms with Gasteiger partial charge in [-0.3, -0.25) is 4.79 Å². The molecule has 4 heteroatoms. The summed E-state index contributed by atoms with van der Waals surface area (Å²) in [5.74, 6) is 1.07. The summed E-state index contributed by atoms with van der Waals surface area (Å²) >= 11 is 0. The molecule has 0 aliphatic heterocycles. The fourth-order valence-corrected chi connectivity index (χ4v) is 3.75. The molecule has 4 nitrogen and oxygen atoms in total. The first-order chi connectivity index (χ1) is 14.1. The Hall–Kier alpha value is -2.10. The largest absolute Gasteiger partial charge is 0.352 e. The summed E-state index contributed by atoms with van der Waals surface area (Å²) in [4.78, 5) is 16.5. The van der Waals surface area contributed by atoms with E-state index in [2.05, 4.69) is 47.7 Å². The van der Waals surface area contributed by atoms with Crippen molar-refractivity contribution in [3.8, 4) is 0 Å². The molecule has 0 fully saturated rings. The zero-order valence-electron chi connectivity index (χ0n) is 18.5. The molecule has 0 radical (unpaired) electrons. The quantitative estimate of drug-likeness (QED) is 0.288. The second kappa shape index (κ2) is 13.2. The van der Waals surface area contributed by atoms with E-state index in [1.807, 2.05) is 0 Å². The zero-order valence-corrected chi connectivity index (χ0v) is 18.5. The van der Waals surface area contributed by atoms with E-state index in [9.17, 15) is 4.79 Å². The van der Waals surface area contributed by atoms with Crippen molar-refractivity contribution in [3.05, 3.63) is 42.2 Å². The molecule has 0 unspecified atom stereocenters. The molecule has 0 bridgehead atoms. The first-order valence-electron chi connectivity index (χ1n) is 11.5. The topological polar surface area (TPSA) is 46.9 Å². The van der Waals surface area contributed by atoms with E-state index in [1.54, 1.807) is 6.92 Å². The van der Waals surface area contributed by atoms with Crippen LogP contribution in [0, 0.1) is 0 Å². The standard InChI is InChI=1S/C25H39N3O/c1-4-5-6-7-8-9-10-11-14-20-28-23-17-13-12-16-22(23)27-24(28)18-15-19-26-25(29)21(2)3/h12-13,16-17H,2,4-11,14-15,18-20H2,1,3H3,(H,26,29). The number of benzene rings is 1. The SMILES string of the molecule is C=C(C)C(=O)NCCCc1nc2ccccc2n1CCCCCCCCCCC. The number of hydrogen-bond acceptors (Lipinski definition) is 2. The van der Waals surface area contributed by atoms with E-state index in [-0.39, 0.29) is 5.91 Å². The lowest BCUT2D eigenvalue weighted by Crippen LogP contribution is -2.25. The van der Waals surface area contributed by atoms with E-state index in [4.69, 9.17) is 4.98 Å². The monoisotopic (exact) mass is 397 g/mol. The summed E-state index contributed by atoms with van der Waals surface area (Å²) in [6.07, 6.45) is 13.8. The number of para-hydroxylation sites is 2. The van der Waals surface area contributed by atoms with Gasteiger partial charge in [-0.25, -0.2) is 4.98 Å². The van der Waals surface area contributed by atoms with Gasteiger partial charge < -0.3 is 9.88 Å². The number of rotatable bonds is 15. The van der Waals surface area contributed by atoms with Crippen molar-refractivity contribution in [1.29, 1.82) is 0 Å². The van der Waals surface area contributed by atoms with Crippen molar-refractivity contribution in [3.63, 3.8) is 0 Å². The minimum Gasteiger partial charge on any atom is -0.352 e. The maximum absolute atomic E-state index is 11.6. The Kier molecular flexibility index (Phi) is 10.5. The Morgan fingerprint density at radius 3 is 2.34 bits per heavy atom. The van der Waals surface area contributed by atoms with Crippen molar-refractivity contribution in [2.75, 3.05) is 6.54 Å². The van der Waals surface area contributed by atoms with Gasteiger partial charge in [0.2, 0.25) is 5.91 Å². The minimum atomic E-state index is -0.0619. The van der Waals surface area contributed by atoms with E-state index < -0.39 is 0 Å². The Morgan fingerprint density at radius 2 is 1.66 bits per heavy atom. The fourth-order valence-electron chi connectivity index (χ4n) is 3.75. The van der Waals surface area contributed by atoms with Crippen molar-refractivity contribution >= 4 is 16.9 Å². The Morgan fingerprint density at radius 1 is 1.00 bits per heavy atom. The third kappa shape index (κ3) is 8.04. The summed E-state index contributed by atoms with van der Waals surface area (Å²) in [7, 11) is 0. The van der Waals surface area contributed by atoms with Crippen LogP contribution in [0.15, 0.2) is 36.4 Å². The number of nitrogens with one attached hydrogen (secondary N) is 1. The molecule has 1 amide bonds. The van der Waals surface area contributed by atoms with Gasteiger partial charge in [0.15, 0.2) is 0 Å². The van der Waals surface area contributed by atoms with E-state index in [1.165, 1.54) is 63.3 Å². The third-order valence-electron chi connectivity index (χ3n) is 5.47. The van der Waals surface area contributed by atoms with Gasteiger partial charge in [-0.1, -0.05) is 77.0 Å². The van der Waals surface area contributed by atoms with Crippen molar-refractivity contribution < 1.29 is 4.79 Å². The van der Waals surface area contributed by atoms with Crippen molar-refractivity contribution in [2.45, 2.75) is 91.0 Å². The number of unbranched alkanes of at least 4 members (excludes halogenated alkanes) is 8. The molecule has 1 heterocycles. The molecule has 0 aliphatic rings. The molecule has 2 rings (SSSR count). The summed E-state index contributed by atoms with van der Waals surface area (Å²) in [6, 6.07) is 8.40. The van der Waals surface area contributed by atoms with Gasteiger partial charge in [0.25, 0.3) is 0 Å². The molecule has 1 aromatic carbocycles. The van der Waals surface area contributed by atoms with Crippen LogP contribution in [-0.2, 0) is 17.8 Å². The van der Waals surface area contributed by atoms with Crippen LogP contribution >= 0.6 is 0 Å². The van der Waals surface area contributed by atoms with E-state index in [0.717, 1.165) is 30.7 Å². The van der Waals surface area contributed by atoms with Gasteiger partial charge in [-0.2, -0.15) is 0 Å². The molecule has 1 N–H and O–H groups in total. The van der Waals surface area contributed by atoms with Gasteiger partial charge in [-0.15, -0.1) is 0 Å². The van der Waals surface area contributed by atoms with Crippen LogP contribution in [-0.4, -0.2) is 22.0 Å². The molecule has 29 heavy (non-hydrogen) atoms. The minimum absolute atomic E-state index is 0.0619. The smallest absolute Gasteiger partial charge is 0.246 e. The molecule has 160 valence electrons. The number of carbonyl (C=O) groups excluding carboxylic acids is 1. The van der Waals surface area contributed by atoms with Crippen LogP contribution in [0.25, 0.3) is 11.0 Å². The predicted octanol–water partition coefficient (Wildman–Crippen LogP) is 6.19. The summed E-state index contributed by atoms with van der Waals surface area (Å²) < 4.78 is 2.39. The number of nitrogens with zero attached hydrogens (tertiary/aromatic N) is 2. The fraction of sp³-hybridized carbons (Fsp3) is 0.600. The van der Waals surface area contributed by atoms with E-state index in [0.29, 0.717) is 12.1 Å². The maximum atomic E-state index is 11.6. The number of amides is 1. The highest BCUT2D eigenvalue weighted by Crippen LogP contribution is 2.19. The third-order valence-corrected chi connectivity index (χ3v) is 5.47. The van der Waals surface area contributed by atoms with Crippen LogP contribution in [0.2, 0.25) is 0 Å². The second-order valence-electron chi connectivity index (χ2n) is 8.14. The summed E-state index contributed by atoms with van der Waals surface area (Å²) in [5, 5.41) is 2.91. The van der Waals surface area contributed by atoms with Crippen molar-refractivity contribution in [1.82, 2.24) is 14.9 Å². The lowest BCUT2D eigenvalue weighted by molar-refractivity contribution is -0.117. The average molecular weight is 398 g/mol. The average Bonchev–Trinajstić information content (AvgIpc) is 3.07. The van der Waals surface area contributed by atoms with Gasteiger partial charge in [0.05, 0.1) is 11.0 Å². The molecular weight excluding hydrogens is 358 g/mol. The molecule has 0 aliphatic carbocycles. The summed E-state index contributed by atoms with van der Waals surface area (Å²) in [5.41, 5.74) is 2.86. The number of imidazole rings is 1. The maximum Gasteiger partial charge on any atom is 0.246 e. The van der Waals surface area contributed by atoms with Crippen LogP contribution in [0.3, 0.4) is 0 Å². The first-order valence-corrected chi connectivity index (χ1v) is 11.5. The number of fused-ring (bicyclic) bond motifs is 1. The molecule has 0 saturated carbocycles. The molecule has 0 saturated heterocycles. The molecule has 2 aromatic rings. The second-order valence-corrected chi connectivity index (χ2v) is 8.14. The highest BCUT2D eigenvalue weighted by Gasteiger charge is 2.10. The lowest BCUT2D eigenvalue weighted by atomic mass is 10.1. The van der Waals surface area contributed by atoms with Gasteiger partial charge in [0, 0.05) is 25.1 Å². The van der Waals surface area contributed by atoms with Crippen molar-refractivity contribution in [2.24, 2.45) is 0 Å². The lowest BCUT2D eigenvalue weighted by Gasteiger charge is -2.10. The summed E-state index contributed by atoms with van der Waals surface area (Å²) in [6.45, 7) is 9.38. The number of aromatic nitrogens is 2.